The molecule has 1 atom stereocenters. The minimum Gasteiger partial charge on any atom is -0.373 e. The minimum absolute atomic E-state index is 0.00185. The molecular formula is C13H23N3O. The van der Waals surface area contributed by atoms with Crippen molar-refractivity contribution >= 4 is 5.82 Å². The monoisotopic (exact) mass is 237 g/mol. The normalized spacial score (nSPS) is 12.5. The van der Waals surface area contributed by atoms with Crippen LogP contribution in [0.1, 0.15) is 49.9 Å². The van der Waals surface area contributed by atoms with E-state index < -0.39 is 0 Å². The lowest BCUT2D eigenvalue weighted by molar-refractivity contribution is 0.0875. The fraction of sp³-hybridized carbons (Fsp3) is 0.692. The average Bonchev–Trinajstić information content (AvgIpc) is 2.36. The molecule has 0 aliphatic carbocycles. The second kappa shape index (κ2) is 6.55. The molecule has 0 aromatic carbocycles. The van der Waals surface area contributed by atoms with Gasteiger partial charge >= 0.3 is 0 Å². The van der Waals surface area contributed by atoms with Crippen LogP contribution in [-0.4, -0.2) is 24.1 Å². The Morgan fingerprint density at radius 1 is 1.29 bits per heavy atom. The maximum Gasteiger partial charge on any atom is 0.159 e. The average molecular weight is 237 g/mol. The molecule has 0 saturated heterocycles. The second-order valence-corrected chi connectivity index (χ2v) is 4.12. The van der Waals surface area contributed by atoms with Gasteiger partial charge in [0.2, 0.25) is 0 Å². The van der Waals surface area contributed by atoms with Gasteiger partial charge in [-0.3, -0.25) is 0 Å². The van der Waals surface area contributed by atoms with Crippen LogP contribution in [0.5, 0.6) is 0 Å². The lowest BCUT2D eigenvalue weighted by Crippen LogP contribution is -2.12. The first-order chi connectivity index (χ1) is 8.17. The van der Waals surface area contributed by atoms with Crippen LogP contribution in [0, 0.1) is 6.92 Å². The summed E-state index contributed by atoms with van der Waals surface area (Å²) in [5, 5.41) is 3.12. The molecule has 0 aliphatic rings. The van der Waals surface area contributed by atoms with Crippen LogP contribution < -0.4 is 5.32 Å². The van der Waals surface area contributed by atoms with Crippen molar-refractivity contribution < 1.29 is 4.74 Å². The van der Waals surface area contributed by atoms with Gasteiger partial charge in [-0.1, -0.05) is 20.3 Å². The first-order valence-electron chi connectivity index (χ1n) is 6.25. The van der Waals surface area contributed by atoms with Crippen LogP contribution in [-0.2, 0) is 11.2 Å². The van der Waals surface area contributed by atoms with Gasteiger partial charge < -0.3 is 10.1 Å². The molecule has 96 valence electrons. The highest BCUT2D eigenvalue weighted by Crippen LogP contribution is 2.23. The third kappa shape index (κ3) is 3.16. The molecule has 0 amide bonds. The molecule has 1 unspecified atom stereocenters. The number of aromatic nitrogens is 2. The number of methoxy groups -OCH3 is 1. The summed E-state index contributed by atoms with van der Waals surface area (Å²) in [6, 6.07) is 0. The summed E-state index contributed by atoms with van der Waals surface area (Å²) in [5.74, 6) is 1.70. The molecule has 0 spiro atoms. The molecule has 0 bridgehead atoms. The standard InChI is InChI=1S/C13H23N3O/c1-6-8-11(17-5)13-15-10(7-2)9(3)12(14-4)16-13/h11H,6-8H2,1-5H3,(H,14,15,16). The first-order valence-corrected chi connectivity index (χ1v) is 6.25. The number of ether oxygens (including phenoxy) is 1. The molecule has 1 aromatic heterocycles. The van der Waals surface area contributed by atoms with Crippen LogP contribution >= 0.6 is 0 Å². The zero-order valence-electron chi connectivity index (χ0n) is 11.5. The van der Waals surface area contributed by atoms with E-state index in [1.54, 1.807) is 7.11 Å². The summed E-state index contributed by atoms with van der Waals surface area (Å²) < 4.78 is 5.46. The fourth-order valence-electron chi connectivity index (χ4n) is 1.93. The van der Waals surface area contributed by atoms with E-state index in [9.17, 15) is 0 Å². The maximum absolute atomic E-state index is 5.46. The topological polar surface area (TPSA) is 47.0 Å². The van der Waals surface area contributed by atoms with Gasteiger partial charge in [-0.25, -0.2) is 9.97 Å². The summed E-state index contributed by atoms with van der Waals surface area (Å²) in [6.45, 7) is 6.30. The van der Waals surface area contributed by atoms with Crippen molar-refractivity contribution in [2.45, 2.75) is 46.1 Å². The van der Waals surface area contributed by atoms with Gasteiger partial charge in [-0.05, 0) is 19.8 Å². The Balaban J connectivity index is 3.15. The van der Waals surface area contributed by atoms with E-state index in [0.29, 0.717) is 0 Å². The summed E-state index contributed by atoms with van der Waals surface area (Å²) in [6.07, 6.45) is 2.93. The summed E-state index contributed by atoms with van der Waals surface area (Å²) >= 11 is 0. The second-order valence-electron chi connectivity index (χ2n) is 4.12. The van der Waals surface area contributed by atoms with Crippen LogP contribution in [0.3, 0.4) is 0 Å². The SMILES string of the molecule is CCCC(OC)c1nc(CC)c(C)c(NC)n1. The number of anilines is 1. The van der Waals surface area contributed by atoms with Crippen LogP contribution in [0.25, 0.3) is 0 Å². The molecule has 1 aromatic rings. The Labute approximate surface area is 104 Å². The molecule has 17 heavy (non-hydrogen) atoms. The number of nitrogens with zero attached hydrogens (tertiary/aromatic N) is 2. The molecule has 0 saturated carbocycles. The molecule has 1 heterocycles. The number of hydrogen-bond acceptors (Lipinski definition) is 4. The third-order valence-electron chi connectivity index (χ3n) is 2.96. The van der Waals surface area contributed by atoms with E-state index in [1.165, 1.54) is 0 Å². The molecule has 0 aliphatic heterocycles. The van der Waals surface area contributed by atoms with Crippen molar-refractivity contribution in [1.82, 2.24) is 9.97 Å². The first kappa shape index (κ1) is 13.9. The Kier molecular flexibility index (Phi) is 5.35. The summed E-state index contributed by atoms with van der Waals surface area (Å²) in [4.78, 5) is 9.16. The van der Waals surface area contributed by atoms with E-state index in [-0.39, 0.29) is 6.10 Å². The number of hydrogen-bond donors (Lipinski definition) is 1. The largest absolute Gasteiger partial charge is 0.373 e. The predicted molar refractivity (Wildman–Crippen MR) is 70.4 cm³/mol. The molecule has 1 rings (SSSR count). The lowest BCUT2D eigenvalue weighted by Gasteiger charge is -2.17. The lowest BCUT2D eigenvalue weighted by atomic mass is 10.1. The summed E-state index contributed by atoms with van der Waals surface area (Å²) in [5.41, 5.74) is 2.22. The maximum atomic E-state index is 5.46. The van der Waals surface area contributed by atoms with Crippen molar-refractivity contribution in [2.24, 2.45) is 0 Å². The minimum atomic E-state index is -0.00185. The van der Waals surface area contributed by atoms with Crippen molar-refractivity contribution in [1.29, 1.82) is 0 Å². The van der Waals surface area contributed by atoms with Gasteiger partial charge in [0.05, 0.1) is 0 Å². The van der Waals surface area contributed by atoms with Gasteiger partial charge in [0.15, 0.2) is 5.82 Å². The highest BCUT2D eigenvalue weighted by atomic mass is 16.5. The van der Waals surface area contributed by atoms with Crippen LogP contribution in [0.4, 0.5) is 5.82 Å². The van der Waals surface area contributed by atoms with Crippen molar-refractivity contribution in [3.8, 4) is 0 Å². The Morgan fingerprint density at radius 2 is 2.00 bits per heavy atom. The van der Waals surface area contributed by atoms with E-state index in [2.05, 4.69) is 36.1 Å². The number of nitrogens with one attached hydrogen (secondary N) is 1. The Bertz CT molecular complexity index is 341. The van der Waals surface area contributed by atoms with Gasteiger partial charge in [0.25, 0.3) is 0 Å². The van der Waals surface area contributed by atoms with Crippen LogP contribution in [0.15, 0.2) is 0 Å². The Hall–Kier alpha value is -1.16. The van der Waals surface area contributed by atoms with Crippen molar-refractivity contribution in [3.05, 3.63) is 17.1 Å². The van der Waals surface area contributed by atoms with Gasteiger partial charge in [0, 0.05) is 25.4 Å². The van der Waals surface area contributed by atoms with Gasteiger partial charge in [-0.15, -0.1) is 0 Å². The highest BCUT2D eigenvalue weighted by molar-refractivity contribution is 5.45. The molecule has 0 radical (unpaired) electrons. The smallest absolute Gasteiger partial charge is 0.159 e. The molecule has 0 fully saturated rings. The van der Waals surface area contributed by atoms with E-state index in [4.69, 9.17) is 4.74 Å². The zero-order valence-corrected chi connectivity index (χ0v) is 11.5. The van der Waals surface area contributed by atoms with Crippen LogP contribution in [0.2, 0.25) is 0 Å². The van der Waals surface area contributed by atoms with Gasteiger partial charge in [0.1, 0.15) is 11.9 Å². The summed E-state index contributed by atoms with van der Waals surface area (Å²) in [7, 11) is 3.61. The fourth-order valence-corrected chi connectivity index (χ4v) is 1.93. The zero-order chi connectivity index (χ0) is 12.8. The van der Waals surface area contributed by atoms with Gasteiger partial charge in [-0.2, -0.15) is 0 Å². The van der Waals surface area contributed by atoms with E-state index in [1.807, 2.05) is 7.05 Å². The third-order valence-corrected chi connectivity index (χ3v) is 2.96. The quantitative estimate of drug-likeness (QED) is 0.826. The van der Waals surface area contributed by atoms with Crippen molar-refractivity contribution in [3.63, 3.8) is 0 Å². The molecular weight excluding hydrogens is 214 g/mol. The number of aryl methyl sites for hydroxylation is 1. The van der Waals surface area contributed by atoms with E-state index >= 15 is 0 Å². The molecule has 4 heteroatoms. The van der Waals surface area contributed by atoms with Crippen molar-refractivity contribution in [2.75, 3.05) is 19.5 Å². The van der Waals surface area contributed by atoms with E-state index in [0.717, 1.165) is 42.2 Å². The number of rotatable bonds is 6. The molecule has 4 nitrogen and oxygen atoms in total. The highest BCUT2D eigenvalue weighted by Gasteiger charge is 2.16. The molecule has 1 N–H and O–H groups in total. The Morgan fingerprint density at radius 3 is 2.47 bits per heavy atom. The predicted octanol–water partition coefficient (Wildman–Crippen LogP) is 2.88.